The Kier molecular flexibility index (Phi) is 3.85. The first-order valence-corrected chi connectivity index (χ1v) is 7.07. The third-order valence-corrected chi connectivity index (χ3v) is 3.43. The lowest BCUT2D eigenvalue weighted by molar-refractivity contribution is 0.459. The van der Waals surface area contributed by atoms with Crippen LogP contribution in [0.2, 0.25) is 5.02 Å². The first kappa shape index (κ1) is 13.3. The van der Waals surface area contributed by atoms with Crippen LogP contribution in [0, 0.1) is 6.92 Å². The molecule has 5 heteroatoms. The highest BCUT2D eigenvalue weighted by Crippen LogP contribution is 2.28. The van der Waals surface area contributed by atoms with Crippen LogP contribution < -0.4 is 10.1 Å². The van der Waals surface area contributed by atoms with E-state index in [2.05, 4.69) is 15.3 Å². The first-order chi connectivity index (χ1) is 9.70. The fraction of sp³-hybridized carbons (Fsp3) is 0.333. The van der Waals surface area contributed by atoms with Crippen molar-refractivity contribution < 1.29 is 4.74 Å². The summed E-state index contributed by atoms with van der Waals surface area (Å²) >= 11 is 6.12. The van der Waals surface area contributed by atoms with E-state index in [-0.39, 0.29) is 0 Å². The lowest BCUT2D eigenvalue weighted by atomic mass is 10.2. The smallest absolute Gasteiger partial charge is 0.237 e. The molecule has 1 aliphatic carbocycles. The third-order valence-electron chi connectivity index (χ3n) is 3.13. The topological polar surface area (TPSA) is 47.0 Å². The number of benzene rings is 1. The van der Waals surface area contributed by atoms with Crippen LogP contribution in [0.5, 0.6) is 11.6 Å². The van der Waals surface area contributed by atoms with Crippen LogP contribution in [0.4, 0.5) is 0 Å². The van der Waals surface area contributed by atoms with E-state index in [1.165, 1.54) is 12.8 Å². The molecular weight excluding hydrogens is 274 g/mol. The normalized spacial score (nSPS) is 14.3. The third kappa shape index (κ3) is 3.46. The number of aryl methyl sites for hydroxylation is 1. The molecule has 1 saturated carbocycles. The summed E-state index contributed by atoms with van der Waals surface area (Å²) in [6, 6.07) is 6.31. The molecule has 0 unspecified atom stereocenters. The van der Waals surface area contributed by atoms with Crippen molar-refractivity contribution in [3.8, 4) is 11.6 Å². The molecule has 0 spiro atoms. The lowest BCUT2D eigenvalue weighted by Crippen LogP contribution is -2.16. The van der Waals surface area contributed by atoms with Crippen LogP contribution in [0.25, 0.3) is 0 Å². The summed E-state index contributed by atoms with van der Waals surface area (Å²) in [4.78, 5) is 8.58. The standard InChI is InChI=1S/C15H16ClN3O/c1-10-2-5-14(13(16)6-10)20-15-9-18-12(8-19-15)7-17-11-3-4-11/h2,5-6,8-9,11,17H,3-4,7H2,1H3. The second-order valence-corrected chi connectivity index (χ2v) is 5.44. The molecule has 1 aliphatic rings. The Hall–Kier alpha value is -1.65. The Morgan fingerprint density at radius 1 is 1.30 bits per heavy atom. The van der Waals surface area contributed by atoms with E-state index in [0.29, 0.717) is 22.7 Å². The second-order valence-electron chi connectivity index (χ2n) is 5.04. The van der Waals surface area contributed by atoms with Crippen molar-refractivity contribution in [2.75, 3.05) is 0 Å². The number of hydrogen-bond acceptors (Lipinski definition) is 4. The molecule has 2 aromatic rings. The molecule has 3 rings (SSSR count). The first-order valence-electron chi connectivity index (χ1n) is 6.69. The van der Waals surface area contributed by atoms with Crippen molar-refractivity contribution in [2.24, 2.45) is 0 Å². The Bertz CT molecular complexity index is 597. The maximum atomic E-state index is 6.12. The van der Waals surface area contributed by atoms with Gasteiger partial charge in [0.25, 0.3) is 0 Å². The van der Waals surface area contributed by atoms with Crippen LogP contribution >= 0.6 is 11.6 Å². The minimum atomic E-state index is 0.450. The lowest BCUT2D eigenvalue weighted by Gasteiger charge is -2.07. The summed E-state index contributed by atoms with van der Waals surface area (Å²) in [5.74, 6) is 1.04. The van der Waals surface area contributed by atoms with E-state index in [9.17, 15) is 0 Å². The number of ether oxygens (including phenoxy) is 1. The Morgan fingerprint density at radius 3 is 2.80 bits per heavy atom. The minimum absolute atomic E-state index is 0.450. The molecule has 0 aliphatic heterocycles. The van der Waals surface area contributed by atoms with Gasteiger partial charge in [0, 0.05) is 12.6 Å². The van der Waals surface area contributed by atoms with Crippen LogP contribution in [-0.4, -0.2) is 16.0 Å². The van der Waals surface area contributed by atoms with Gasteiger partial charge in [0.15, 0.2) is 0 Å². The van der Waals surface area contributed by atoms with Gasteiger partial charge in [0.2, 0.25) is 5.88 Å². The predicted octanol–water partition coefficient (Wildman–Crippen LogP) is 3.48. The van der Waals surface area contributed by atoms with E-state index in [4.69, 9.17) is 16.3 Å². The molecule has 0 radical (unpaired) electrons. The van der Waals surface area contributed by atoms with Crippen LogP contribution in [-0.2, 0) is 6.54 Å². The highest BCUT2D eigenvalue weighted by molar-refractivity contribution is 6.32. The van der Waals surface area contributed by atoms with Gasteiger partial charge in [0.1, 0.15) is 5.75 Å². The van der Waals surface area contributed by atoms with Crippen molar-refractivity contribution in [3.63, 3.8) is 0 Å². The zero-order chi connectivity index (χ0) is 13.9. The fourth-order valence-corrected chi connectivity index (χ4v) is 2.10. The van der Waals surface area contributed by atoms with E-state index in [0.717, 1.165) is 17.8 Å². The van der Waals surface area contributed by atoms with E-state index >= 15 is 0 Å². The largest absolute Gasteiger partial charge is 0.436 e. The van der Waals surface area contributed by atoms with E-state index < -0.39 is 0 Å². The number of aromatic nitrogens is 2. The Balaban J connectivity index is 1.64. The molecular formula is C15H16ClN3O. The van der Waals surface area contributed by atoms with Gasteiger partial charge in [-0.3, -0.25) is 4.98 Å². The SMILES string of the molecule is Cc1ccc(Oc2cnc(CNC3CC3)cn2)c(Cl)c1. The van der Waals surface area contributed by atoms with Gasteiger partial charge in [-0.05, 0) is 37.5 Å². The van der Waals surface area contributed by atoms with Gasteiger partial charge in [0.05, 0.1) is 23.1 Å². The minimum Gasteiger partial charge on any atom is -0.436 e. The predicted molar refractivity (Wildman–Crippen MR) is 78.2 cm³/mol. The molecule has 1 aromatic carbocycles. The molecule has 1 N–H and O–H groups in total. The van der Waals surface area contributed by atoms with Crippen LogP contribution in [0.3, 0.4) is 0 Å². The zero-order valence-electron chi connectivity index (χ0n) is 11.3. The summed E-state index contributed by atoms with van der Waals surface area (Å²) in [5.41, 5.74) is 2.01. The van der Waals surface area contributed by atoms with Crippen LogP contribution in [0.15, 0.2) is 30.6 Å². The van der Waals surface area contributed by atoms with E-state index in [1.807, 2.05) is 25.1 Å². The molecule has 4 nitrogen and oxygen atoms in total. The number of halogens is 1. The average Bonchev–Trinajstić information content (AvgIpc) is 3.25. The van der Waals surface area contributed by atoms with Crippen molar-refractivity contribution in [3.05, 3.63) is 46.9 Å². The molecule has 1 aromatic heterocycles. The highest BCUT2D eigenvalue weighted by atomic mass is 35.5. The van der Waals surface area contributed by atoms with Gasteiger partial charge in [-0.15, -0.1) is 0 Å². The molecule has 104 valence electrons. The Morgan fingerprint density at radius 2 is 2.15 bits per heavy atom. The molecule has 0 atom stereocenters. The Labute approximate surface area is 123 Å². The van der Waals surface area contributed by atoms with Crippen molar-refractivity contribution in [1.29, 1.82) is 0 Å². The fourth-order valence-electron chi connectivity index (χ4n) is 1.82. The van der Waals surface area contributed by atoms with Gasteiger partial charge in [-0.2, -0.15) is 0 Å². The molecule has 0 saturated heterocycles. The van der Waals surface area contributed by atoms with Crippen molar-refractivity contribution in [2.45, 2.75) is 32.4 Å². The quantitative estimate of drug-likeness (QED) is 0.915. The maximum absolute atomic E-state index is 6.12. The van der Waals surface area contributed by atoms with Crippen molar-refractivity contribution in [1.82, 2.24) is 15.3 Å². The summed E-state index contributed by atoms with van der Waals surface area (Å²) in [6.07, 6.45) is 5.88. The van der Waals surface area contributed by atoms with Crippen LogP contribution in [0.1, 0.15) is 24.1 Å². The molecule has 0 amide bonds. The molecule has 20 heavy (non-hydrogen) atoms. The summed E-state index contributed by atoms with van der Waals surface area (Å²) in [7, 11) is 0. The van der Waals surface area contributed by atoms with Crippen molar-refractivity contribution >= 4 is 11.6 Å². The van der Waals surface area contributed by atoms with Gasteiger partial charge >= 0.3 is 0 Å². The second kappa shape index (κ2) is 5.77. The number of hydrogen-bond donors (Lipinski definition) is 1. The molecule has 0 bridgehead atoms. The molecule has 1 heterocycles. The molecule has 1 fully saturated rings. The number of nitrogens with one attached hydrogen (secondary N) is 1. The monoisotopic (exact) mass is 289 g/mol. The van der Waals surface area contributed by atoms with E-state index in [1.54, 1.807) is 12.4 Å². The zero-order valence-corrected chi connectivity index (χ0v) is 12.0. The number of nitrogens with zero attached hydrogens (tertiary/aromatic N) is 2. The number of rotatable bonds is 5. The maximum Gasteiger partial charge on any atom is 0.237 e. The van der Waals surface area contributed by atoms with Gasteiger partial charge in [-0.1, -0.05) is 17.7 Å². The highest BCUT2D eigenvalue weighted by Gasteiger charge is 2.20. The summed E-state index contributed by atoms with van der Waals surface area (Å²) in [6.45, 7) is 2.74. The average molecular weight is 290 g/mol. The van der Waals surface area contributed by atoms with Gasteiger partial charge in [-0.25, -0.2) is 4.98 Å². The van der Waals surface area contributed by atoms with Gasteiger partial charge < -0.3 is 10.1 Å². The summed E-state index contributed by atoms with van der Waals surface area (Å²) in [5, 5.41) is 3.97. The summed E-state index contributed by atoms with van der Waals surface area (Å²) < 4.78 is 5.63.